The van der Waals surface area contributed by atoms with E-state index >= 15 is 0 Å². The third-order valence-electron chi connectivity index (χ3n) is 3.60. The van der Waals surface area contributed by atoms with Gasteiger partial charge in [-0.25, -0.2) is 4.98 Å². The zero-order valence-corrected chi connectivity index (χ0v) is 10.3. The Morgan fingerprint density at radius 1 is 1.47 bits per heavy atom. The van der Waals surface area contributed by atoms with Gasteiger partial charge in [0, 0.05) is 13.0 Å². The van der Waals surface area contributed by atoms with Crippen LogP contribution in [0.2, 0.25) is 0 Å². The van der Waals surface area contributed by atoms with Gasteiger partial charge in [0.05, 0.1) is 11.7 Å². The molecule has 5 heteroatoms. The van der Waals surface area contributed by atoms with E-state index in [1.54, 1.807) is 0 Å². The molecule has 0 saturated heterocycles. The Labute approximate surface area is 101 Å². The molecule has 1 aliphatic carbocycles. The summed E-state index contributed by atoms with van der Waals surface area (Å²) in [5, 5.41) is 24.5. The zero-order valence-electron chi connectivity index (χ0n) is 10.3. The van der Waals surface area contributed by atoms with Crippen LogP contribution in [0.25, 0.3) is 0 Å². The number of hydrogen-bond acceptors (Lipinski definition) is 4. The molecule has 1 heterocycles. The number of aromatic nitrogens is 3. The minimum atomic E-state index is -0.914. The molecule has 2 N–H and O–H groups in total. The first-order chi connectivity index (χ1) is 8.15. The van der Waals surface area contributed by atoms with E-state index < -0.39 is 11.7 Å². The molecule has 0 radical (unpaired) electrons. The van der Waals surface area contributed by atoms with Crippen molar-refractivity contribution in [3.05, 3.63) is 12.2 Å². The molecule has 17 heavy (non-hydrogen) atoms. The Hall–Kier alpha value is -0.940. The van der Waals surface area contributed by atoms with Gasteiger partial charge < -0.3 is 10.2 Å². The first-order valence-electron chi connectivity index (χ1n) is 6.43. The average Bonchev–Trinajstić information content (AvgIpc) is 2.90. The van der Waals surface area contributed by atoms with E-state index in [9.17, 15) is 10.2 Å². The fourth-order valence-electron chi connectivity index (χ4n) is 2.53. The molecule has 1 saturated carbocycles. The molecule has 0 spiro atoms. The topological polar surface area (TPSA) is 71.2 Å². The van der Waals surface area contributed by atoms with Crippen LogP contribution in [-0.4, -0.2) is 36.7 Å². The Morgan fingerprint density at radius 2 is 2.18 bits per heavy atom. The lowest BCUT2D eigenvalue weighted by Gasteiger charge is -2.28. The van der Waals surface area contributed by atoms with Crippen molar-refractivity contribution in [2.75, 3.05) is 0 Å². The number of nitrogens with zero attached hydrogens (tertiary/aromatic N) is 3. The summed E-state index contributed by atoms with van der Waals surface area (Å²) in [6.45, 7) is 2.88. The maximum Gasteiger partial charge on any atom is 0.138 e. The van der Waals surface area contributed by atoms with E-state index in [0.29, 0.717) is 19.3 Å². The summed E-state index contributed by atoms with van der Waals surface area (Å²) in [7, 11) is 0. The summed E-state index contributed by atoms with van der Waals surface area (Å²) in [4.78, 5) is 4.16. The number of aliphatic hydroxyl groups is 2. The molecular formula is C12H21N3O2. The van der Waals surface area contributed by atoms with Crippen LogP contribution in [0.1, 0.15) is 44.9 Å². The highest BCUT2D eigenvalue weighted by atomic mass is 16.3. The van der Waals surface area contributed by atoms with Crippen LogP contribution in [0.5, 0.6) is 0 Å². The standard InChI is InChI=1S/C12H21N3O2/c1-2-7-15-11(13-9-14-15)8-10(16)12(17)5-3-4-6-12/h9-10,16-17H,2-8H2,1H3. The van der Waals surface area contributed by atoms with Gasteiger partial charge in [0.15, 0.2) is 0 Å². The van der Waals surface area contributed by atoms with Crippen LogP contribution in [0.3, 0.4) is 0 Å². The third kappa shape index (κ3) is 2.66. The van der Waals surface area contributed by atoms with Crippen LogP contribution in [0.15, 0.2) is 6.33 Å². The normalized spacial score (nSPS) is 20.6. The van der Waals surface area contributed by atoms with Crippen molar-refractivity contribution >= 4 is 0 Å². The van der Waals surface area contributed by atoms with E-state index in [1.807, 2.05) is 4.68 Å². The monoisotopic (exact) mass is 239 g/mol. The minimum Gasteiger partial charge on any atom is -0.390 e. The second kappa shape index (κ2) is 5.14. The van der Waals surface area contributed by atoms with Crippen LogP contribution in [0.4, 0.5) is 0 Å². The lowest BCUT2D eigenvalue weighted by Crippen LogP contribution is -2.41. The summed E-state index contributed by atoms with van der Waals surface area (Å²) in [5.74, 6) is 0.764. The first-order valence-corrected chi connectivity index (χ1v) is 6.43. The van der Waals surface area contributed by atoms with E-state index in [2.05, 4.69) is 17.0 Å². The summed E-state index contributed by atoms with van der Waals surface area (Å²) < 4.78 is 1.81. The Kier molecular flexibility index (Phi) is 3.79. The lowest BCUT2D eigenvalue weighted by atomic mass is 9.92. The minimum absolute atomic E-state index is 0.385. The van der Waals surface area contributed by atoms with Crippen molar-refractivity contribution in [1.82, 2.24) is 14.8 Å². The summed E-state index contributed by atoms with van der Waals surface area (Å²) in [6, 6.07) is 0. The van der Waals surface area contributed by atoms with Crippen LogP contribution >= 0.6 is 0 Å². The molecule has 0 amide bonds. The van der Waals surface area contributed by atoms with Crippen molar-refractivity contribution in [3.63, 3.8) is 0 Å². The molecule has 1 aliphatic rings. The van der Waals surface area contributed by atoms with Crippen LogP contribution in [0, 0.1) is 0 Å². The predicted molar refractivity (Wildman–Crippen MR) is 63.4 cm³/mol. The summed E-state index contributed by atoms with van der Waals surface area (Å²) in [6.07, 6.45) is 5.52. The largest absolute Gasteiger partial charge is 0.390 e. The van der Waals surface area contributed by atoms with Crippen LogP contribution < -0.4 is 0 Å². The van der Waals surface area contributed by atoms with Gasteiger partial charge in [0.2, 0.25) is 0 Å². The highest BCUT2D eigenvalue weighted by molar-refractivity contribution is 4.97. The van der Waals surface area contributed by atoms with Crippen molar-refractivity contribution in [1.29, 1.82) is 0 Å². The lowest BCUT2D eigenvalue weighted by molar-refractivity contribution is -0.0700. The molecule has 96 valence electrons. The number of hydrogen-bond donors (Lipinski definition) is 2. The molecule has 0 aromatic carbocycles. The van der Waals surface area contributed by atoms with Crippen molar-refractivity contribution in [2.45, 2.75) is 63.7 Å². The molecule has 5 nitrogen and oxygen atoms in total. The highest BCUT2D eigenvalue weighted by Crippen LogP contribution is 2.33. The van der Waals surface area contributed by atoms with E-state index in [-0.39, 0.29) is 0 Å². The zero-order chi connectivity index (χ0) is 12.3. The SMILES string of the molecule is CCCn1ncnc1CC(O)C1(O)CCCC1. The Bertz CT molecular complexity index is 358. The van der Waals surface area contributed by atoms with Crippen molar-refractivity contribution < 1.29 is 10.2 Å². The summed E-state index contributed by atoms with van der Waals surface area (Å²) in [5.41, 5.74) is -0.914. The third-order valence-corrected chi connectivity index (χ3v) is 3.60. The molecule has 2 rings (SSSR count). The first kappa shape index (κ1) is 12.5. The van der Waals surface area contributed by atoms with Gasteiger partial charge in [-0.1, -0.05) is 19.8 Å². The fourth-order valence-corrected chi connectivity index (χ4v) is 2.53. The van der Waals surface area contributed by atoms with Gasteiger partial charge in [-0.3, -0.25) is 4.68 Å². The predicted octanol–water partition coefficient (Wildman–Crippen LogP) is 0.897. The molecule has 1 aromatic rings. The second-order valence-electron chi connectivity index (χ2n) is 4.93. The van der Waals surface area contributed by atoms with Gasteiger partial charge in [0.25, 0.3) is 0 Å². The molecule has 0 aliphatic heterocycles. The Morgan fingerprint density at radius 3 is 2.82 bits per heavy atom. The fraction of sp³-hybridized carbons (Fsp3) is 0.833. The Balaban J connectivity index is 2.02. The van der Waals surface area contributed by atoms with Gasteiger partial charge in [-0.2, -0.15) is 5.10 Å². The van der Waals surface area contributed by atoms with E-state index in [0.717, 1.165) is 31.6 Å². The second-order valence-corrected chi connectivity index (χ2v) is 4.93. The number of rotatable bonds is 5. The van der Waals surface area contributed by atoms with Gasteiger partial charge >= 0.3 is 0 Å². The van der Waals surface area contributed by atoms with E-state index in [4.69, 9.17) is 0 Å². The van der Waals surface area contributed by atoms with E-state index in [1.165, 1.54) is 6.33 Å². The molecule has 1 fully saturated rings. The van der Waals surface area contributed by atoms with Gasteiger partial charge in [0.1, 0.15) is 12.2 Å². The molecule has 0 bridgehead atoms. The van der Waals surface area contributed by atoms with Crippen molar-refractivity contribution in [2.24, 2.45) is 0 Å². The van der Waals surface area contributed by atoms with Crippen molar-refractivity contribution in [3.8, 4) is 0 Å². The van der Waals surface area contributed by atoms with Gasteiger partial charge in [-0.05, 0) is 19.3 Å². The summed E-state index contributed by atoms with van der Waals surface area (Å²) >= 11 is 0. The molecule has 1 atom stereocenters. The van der Waals surface area contributed by atoms with Gasteiger partial charge in [-0.15, -0.1) is 0 Å². The smallest absolute Gasteiger partial charge is 0.138 e. The number of aryl methyl sites for hydroxylation is 1. The maximum absolute atomic E-state index is 10.3. The highest BCUT2D eigenvalue weighted by Gasteiger charge is 2.38. The molecule has 1 unspecified atom stereocenters. The van der Waals surface area contributed by atoms with Crippen LogP contribution in [-0.2, 0) is 13.0 Å². The quantitative estimate of drug-likeness (QED) is 0.800. The molecule has 1 aromatic heterocycles. The molecular weight excluding hydrogens is 218 g/mol. The number of aliphatic hydroxyl groups excluding tert-OH is 1. The average molecular weight is 239 g/mol. The maximum atomic E-state index is 10.3.